The first kappa shape index (κ1) is 14.5. The molecule has 18 heavy (non-hydrogen) atoms. The van der Waals surface area contributed by atoms with Crippen LogP contribution >= 0.6 is 0 Å². The van der Waals surface area contributed by atoms with E-state index in [1.807, 2.05) is 20.8 Å². The number of amides is 4. The zero-order chi connectivity index (χ0) is 13.8. The van der Waals surface area contributed by atoms with E-state index in [-0.39, 0.29) is 5.91 Å². The second-order valence-electron chi connectivity index (χ2n) is 5.50. The van der Waals surface area contributed by atoms with Gasteiger partial charge in [0.05, 0.1) is 0 Å². The summed E-state index contributed by atoms with van der Waals surface area (Å²) in [6, 6.07) is -0.984. The van der Waals surface area contributed by atoms with Gasteiger partial charge in [-0.05, 0) is 40.0 Å². The van der Waals surface area contributed by atoms with E-state index in [1.165, 1.54) is 4.90 Å². The van der Waals surface area contributed by atoms with Gasteiger partial charge in [0.25, 0.3) is 5.91 Å². The lowest BCUT2D eigenvalue weighted by atomic mass is 10.1. The first-order chi connectivity index (χ1) is 8.35. The van der Waals surface area contributed by atoms with Crippen molar-refractivity contribution in [1.29, 1.82) is 0 Å². The molecule has 1 aliphatic heterocycles. The zero-order valence-corrected chi connectivity index (χ0v) is 11.2. The third-order valence-corrected chi connectivity index (χ3v) is 2.68. The number of likely N-dealkylation sites (tertiary alicyclic amines) is 1. The summed E-state index contributed by atoms with van der Waals surface area (Å²) in [5.74, 6) is -0.332. The fraction of sp³-hybridized carbons (Fsp3) is 0.750. The van der Waals surface area contributed by atoms with Crippen molar-refractivity contribution in [2.75, 3.05) is 6.54 Å². The Kier molecular flexibility index (Phi) is 4.69. The van der Waals surface area contributed by atoms with Gasteiger partial charge in [-0.3, -0.25) is 14.5 Å². The van der Waals surface area contributed by atoms with Crippen LogP contribution < -0.4 is 10.6 Å². The molecule has 1 atom stereocenters. The molecular formula is C12H21N3O3. The van der Waals surface area contributed by atoms with Gasteiger partial charge in [0.1, 0.15) is 6.04 Å². The van der Waals surface area contributed by atoms with E-state index in [1.54, 1.807) is 0 Å². The van der Waals surface area contributed by atoms with Gasteiger partial charge < -0.3 is 10.6 Å². The third kappa shape index (κ3) is 4.01. The van der Waals surface area contributed by atoms with Crippen molar-refractivity contribution < 1.29 is 14.4 Å². The molecule has 1 saturated heterocycles. The van der Waals surface area contributed by atoms with E-state index in [4.69, 9.17) is 0 Å². The van der Waals surface area contributed by atoms with Crippen LogP contribution in [-0.2, 0) is 9.59 Å². The highest BCUT2D eigenvalue weighted by molar-refractivity contribution is 5.98. The minimum atomic E-state index is -0.587. The molecule has 0 spiro atoms. The Bertz CT molecular complexity index is 336. The molecule has 0 aliphatic carbocycles. The molecule has 0 radical (unpaired) electrons. The summed E-state index contributed by atoms with van der Waals surface area (Å²) >= 11 is 0. The van der Waals surface area contributed by atoms with Gasteiger partial charge in [-0.25, -0.2) is 4.79 Å². The lowest BCUT2D eigenvalue weighted by Crippen LogP contribution is -2.54. The molecule has 102 valence electrons. The summed E-state index contributed by atoms with van der Waals surface area (Å²) in [6.07, 6.45) is 2.67. The van der Waals surface area contributed by atoms with Crippen molar-refractivity contribution in [3.8, 4) is 0 Å². The lowest BCUT2D eigenvalue weighted by molar-refractivity contribution is -0.131. The molecule has 0 aromatic carbocycles. The Morgan fingerprint density at radius 2 is 2.06 bits per heavy atom. The molecule has 4 amide bonds. The van der Waals surface area contributed by atoms with Crippen LogP contribution in [0.4, 0.5) is 4.79 Å². The van der Waals surface area contributed by atoms with Crippen LogP contribution in [0.2, 0.25) is 0 Å². The lowest BCUT2D eigenvalue weighted by Gasteiger charge is -2.27. The van der Waals surface area contributed by atoms with E-state index in [0.29, 0.717) is 19.4 Å². The number of carbonyl (C=O) groups excluding carboxylic acids is 3. The summed E-state index contributed by atoms with van der Waals surface area (Å²) in [6.45, 7) is 5.97. The van der Waals surface area contributed by atoms with E-state index < -0.39 is 17.6 Å². The van der Waals surface area contributed by atoms with E-state index in [0.717, 1.165) is 12.8 Å². The van der Waals surface area contributed by atoms with Crippen molar-refractivity contribution in [3.05, 3.63) is 0 Å². The summed E-state index contributed by atoms with van der Waals surface area (Å²) in [5, 5.41) is 5.23. The second-order valence-corrected chi connectivity index (χ2v) is 5.50. The van der Waals surface area contributed by atoms with Gasteiger partial charge in [0, 0.05) is 12.1 Å². The number of nitrogens with zero attached hydrogens (tertiary/aromatic N) is 1. The molecule has 1 fully saturated rings. The van der Waals surface area contributed by atoms with Crippen LogP contribution in [0.3, 0.4) is 0 Å². The van der Waals surface area contributed by atoms with Gasteiger partial charge in [0.2, 0.25) is 6.41 Å². The summed E-state index contributed by atoms with van der Waals surface area (Å²) < 4.78 is 0. The Balaban J connectivity index is 2.75. The fourth-order valence-electron chi connectivity index (χ4n) is 1.87. The largest absolute Gasteiger partial charge is 0.347 e. The van der Waals surface area contributed by atoms with Crippen LogP contribution in [0.1, 0.15) is 40.0 Å². The molecule has 1 heterocycles. The molecular weight excluding hydrogens is 234 g/mol. The van der Waals surface area contributed by atoms with Crippen molar-refractivity contribution >= 4 is 18.3 Å². The van der Waals surface area contributed by atoms with E-state index in [2.05, 4.69) is 10.6 Å². The maximum atomic E-state index is 12.1. The fourth-order valence-corrected chi connectivity index (χ4v) is 1.87. The first-order valence-electron chi connectivity index (χ1n) is 6.18. The van der Waals surface area contributed by atoms with Crippen LogP contribution in [-0.4, -0.2) is 41.4 Å². The molecule has 1 rings (SSSR count). The Labute approximate surface area is 107 Å². The monoisotopic (exact) mass is 255 g/mol. The normalized spacial score (nSPS) is 21.2. The summed E-state index contributed by atoms with van der Waals surface area (Å²) in [7, 11) is 0. The molecule has 0 saturated carbocycles. The smallest absolute Gasteiger partial charge is 0.324 e. The topological polar surface area (TPSA) is 78.5 Å². The maximum Gasteiger partial charge on any atom is 0.324 e. The predicted molar refractivity (Wildman–Crippen MR) is 66.8 cm³/mol. The number of carbonyl (C=O) groups is 3. The molecule has 0 aromatic heterocycles. The number of imide groups is 1. The van der Waals surface area contributed by atoms with Crippen molar-refractivity contribution in [2.45, 2.75) is 51.6 Å². The molecule has 0 unspecified atom stereocenters. The highest BCUT2D eigenvalue weighted by Crippen LogP contribution is 2.13. The van der Waals surface area contributed by atoms with Gasteiger partial charge in [-0.2, -0.15) is 0 Å². The van der Waals surface area contributed by atoms with Crippen LogP contribution in [0.15, 0.2) is 0 Å². The van der Waals surface area contributed by atoms with E-state index >= 15 is 0 Å². The van der Waals surface area contributed by atoms with E-state index in [9.17, 15) is 14.4 Å². The van der Waals surface area contributed by atoms with Gasteiger partial charge in [-0.15, -0.1) is 0 Å². The number of hydrogen-bond donors (Lipinski definition) is 2. The average Bonchev–Trinajstić information content (AvgIpc) is 2.40. The number of nitrogens with one attached hydrogen (secondary N) is 2. The molecule has 2 N–H and O–H groups in total. The minimum Gasteiger partial charge on any atom is -0.347 e. The van der Waals surface area contributed by atoms with Gasteiger partial charge in [-0.1, -0.05) is 0 Å². The summed E-state index contributed by atoms with van der Waals surface area (Å²) in [4.78, 5) is 35.8. The number of urea groups is 1. The van der Waals surface area contributed by atoms with Crippen LogP contribution in [0.5, 0.6) is 0 Å². The van der Waals surface area contributed by atoms with Crippen LogP contribution in [0.25, 0.3) is 0 Å². The van der Waals surface area contributed by atoms with Crippen molar-refractivity contribution in [2.24, 2.45) is 0 Å². The van der Waals surface area contributed by atoms with Crippen LogP contribution in [0, 0.1) is 0 Å². The van der Waals surface area contributed by atoms with Gasteiger partial charge in [0.15, 0.2) is 0 Å². The van der Waals surface area contributed by atoms with Crippen molar-refractivity contribution in [1.82, 2.24) is 15.5 Å². The SMILES string of the molecule is CC(C)(C)NC(=O)N1CCCC[C@H](NC=O)C1=O. The number of rotatable bonds is 2. The molecule has 0 bridgehead atoms. The third-order valence-electron chi connectivity index (χ3n) is 2.68. The Hall–Kier alpha value is -1.59. The second kappa shape index (κ2) is 5.84. The zero-order valence-electron chi connectivity index (χ0n) is 11.2. The predicted octanol–water partition coefficient (Wildman–Crippen LogP) is 0.622. The molecule has 1 aliphatic rings. The highest BCUT2D eigenvalue weighted by atomic mass is 16.2. The minimum absolute atomic E-state index is 0.332. The van der Waals surface area contributed by atoms with Gasteiger partial charge >= 0.3 is 6.03 Å². The standard InChI is InChI=1S/C12H21N3O3/c1-12(2,3)14-11(18)15-7-5-4-6-9(10(15)17)13-8-16/h8-9H,4-7H2,1-3H3,(H,13,16)(H,14,18)/t9-/m0/s1. The van der Waals surface area contributed by atoms with Crippen molar-refractivity contribution in [3.63, 3.8) is 0 Å². The Morgan fingerprint density at radius 3 is 2.61 bits per heavy atom. The molecule has 6 nitrogen and oxygen atoms in total. The first-order valence-corrected chi connectivity index (χ1v) is 6.18. The number of hydrogen-bond acceptors (Lipinski definition) is 3. The Morgan fingerprint density at radius 1 is 1.39 bits per heavy atom. The maximum absolute atomic E-state index is 12.1. The average molecular weight is 255 g/mol. The highest BCUT2D eigenvalue weighted by Gasteiger charge is 2.31. The molecule has 0 aromatic rings. The summed E-state index contributed by atoms with van der Waals surface area (Å²) in [5.41, 5.74) is -0.392. The quantitative estimate of drug-likeness (QED) is 0.710. The molecule has 6 heteroatoms.